The van der Waals surface area contributed by atoms with Crippen LogP contribution in [-0.2, 0) is 21.4 Å². The first-order valence-electron chi connectivity index (χ1n) is 13.4. The van der Waals surface area contributed by atoms with Crippen LogP contribution in [0.5, 0.6) is 0 Å². The summed E-state index contributed by atoms with van der Waals surface area (Å²) in [6, 6.07) is 5.90. The quantitative estimate of drug-likeness (QED) is 0.661. The maximum atomic E-state index is 14.1. The number of piperazine rings is 1. The number of halogens is 2. The summed E-state index contributed by atoms with van der Waals surface area (Å²) < 4.78 is 27.3. The van der Waals surface area contributed by atoms with Crippen molar-refractivity contribution in [1.82, 2.24) is 20.1 Å². The molecule has 4 heterocycles. The van der Waals surface area contributed by atoms with E-state index in [1.165, 1.54) is 12.1 Å². The molecule has 0 radical (unpaired) electrons. The molecular formula is C29H39F2N5O2. The van der Waals surface area contributed by atoms with Crippen molar-refractivity contribution in [3.05, 3.63) is 58.9 Å². The zero-order chi connectivity index (χ0) is 27.6. The number of amides is 2. The topological polar surface area (TPSA) is 68.8 Å². The number of pyridine rings is 1. The predicted octanol–water partition coefficient (Wildman–Crippen LogP) is 3.35. The van der Waals surface area contributed by atoms with E-state index in [1.807, 2.05) is 18.0 Å². The molecule has 2 saturated heterocycles. The van der Waals surface area contributed by atoms with Gasteiger partial charge in [-0.3, -0.25) is 19.5 Å². The predicted molar refractivity (Wildman–Crippen MR) is 144 cm³/mol. The molecule has 9 heteroatoms. The number of hydrogen-bond donors (Lipinski definition) is 1. The van der Waals surface area contributed by atoms with Gasteiger partial charge < -0.3 is 15.1 Å². The first-order valence-corrected chi connectivity index (χ1v) is 13.4. The Hall–Kier alpha value is -2.91. The Balaban J connectivity index is 0.000000360. The van der Waals surface area contributed by atoms with Crippen LogP contribution in [0.3, 0.4) is 0 Å². The molecule has 1 aromatic carbocycles. The molecule has 7 nitrogen and oxygen atoms in total. The van der Waals surface area contributed by atoms with Crippen LogP contribution >= 0.6 is 0 Å². The summed E-state index contributed by atoms with van der Waals surface area (Å²) >= 11 is 0. The van der Waals surface area contributed by atoms with Crippen LogP contribution in [0, 0.1) is 17.6 Å². The van der Waals surface area contributed by atoms with Crippen LogP contribution in [-0.4, -0.2) is 79.0 Å². The van der Waals surface area contributed by atoms with Gasteiger partial charge in [0.15, 0.2) is 0 Å². The highest BCUT2D eigenvalue weighted by Gasteiger charge is 2.40. The zero-order valence-electron chi connectivity index (χ0n) is 23.1. The number of nitrogens with one attached hydrogen (secondary N) is 1. The van der Waals surface area contributed by atoms with Gasteiger partial charge in [-0.25, -0.2) is 8.78 Å². The highest BCUT2D eigenvalue weighted by atomic mass is 19.1. The Labute approximate surface area is 224 Å². The van der Waals surface area contributed by atoms with Crippen molar-refractivity contribution in [3.8, 4) is 0 Å². The molecule has 0 saturated carbocycles. The Morgan fingerprint density at radius 3 is 2.55 bits per heavy atom. The van der Waals surface area contributed by atoms with E-state index in [2.05, 4.69) is 42.9 Å². The number of nitrogens with zero attached hydrogens (tertiary/aromatic N) is 4. The third-order valence-electron chi connectivity index (χ3n) is 7.47. The second-order valence-electron chi connectivity index (χ2n) is 11.7. The largest absolute Gasteiger partial charge is 0.345 e. The molecule has 206 valence electrons. The van der Waals surface area contributed by atoms with Gasteiger partial charge in [-0.15, -0.1) is 0 Å². The van der Waals surface area contributed by atoms with Gasteiger partial charge in [0.2, 0.25) is 11.8 Å². The molecule has 3 aliphatic rings. The maximum absolute atomic E-state index is 14.1. The van der Waals surface area contributed by atoms with Crippen LogP contribution < -0.4 is 10.2 Å². The molecule has 2 amide bonds. The zero-order valence-corrected chi connectivity index (χ0v) is 23.1. The number of anilines is 1. The summed E-state index contributed by atoms with van der Waals surface area (Å²) in [4.78, 5) is 34.3. The van der Waals surface area contributed by atoms with Gasteiger partial charge in [-0.05, 0) is 36.1 Å². The van der Waals surface area contributed by atoms with Crippen molar-refractivity contribution in [2.75, 3.05) is 51.2 Å². The second kappa shape index (κ2) is 11.5. The van der Waals surface area contributed by atoms with E-state index >= 15 is 0 Å². The van der Waals surface area contributed by atoms with Gasteiger partial charge in [-0.1, -0.05) is 26.8 Å². The highest BCUT2D eigenvalue weighted by molar-refractivity contribution is 5.97. The number of rotatable bonds is 4. The monoisotopic (exact) mass is 527 g/mol. The lowest BCUT2D eigenvalue weighted by atomic mass is 9.91. The van der Waals surface area contributed by atoms with Crippen molar-refractivity contribution in [2.24, 2.45) is 5.92 Å². The van der Waals surface area contributed by atoms with Gasteiger partial charge >= 0.3 is 0 Å². The van der Waals surface area contributed by atoms with Crippen LogP contribution in [0.1, 0.15) is 50.9 Å². The summed E-state index contributed by atoms with van der Waals surface area (Å²) in [5.74, 6) is -0.242. The van der Waals surface area contributed by atoms with Crippen LogP contribution in [0.2, 0.25) is 0 Å². The number of fused-ring (bicyclic) bond motifs is 1. The standard InChI is InChI=1S/C23H28F2N4O.C6H11NO/c1-15-12-28(7-6-26-15)13-21(30)29-14-23(2,3)22-20(29)9-16(11-27-22)8-17-4-5-18(24)10-19(17)25;1-5-3-6(8)7(2)4-5/h4-5,9-11,15,26H,6-8,12-14H2,1-3H3;5H,3-4H2,1-2H3. The molecule has 0 aliphatic carbocycles. The second-order valence-corrected chi connectivity index (χ2v) is 11.7. The summed E-state index contributed by atoms with van der Waals surface area (Å²) in [7, 11) is 1.85. The van der Waals surface area contributed by atoms with E-state index in [0.717, 1.165) is 55.6 Å². The molecule has 3 aliphatic heterocycles. The van der Waals surface area contributed by atoms with Crippen LogP contribution in [0.25, 0.3) is 0 Å². The van der Waals surface area contributed by atoms with Gasteiger partial charge in [0.1, 0.15) is 11.6 Å². The maximum Gasteiger partial charge on any atom is 0.241 e. The minimum Gasteiger partial charge on any atom is -0.345 e. The Bertz CT molecular complexity index is 1190. The minimum absolute atomic E-state index is 0.0582. The summed E-state index contributed by atoms with van der Waals surface area (Å²) in [5.41, 5.74) is 2.64. The molecule has 1 aromatic heterocycles. The third-order valence-corrected chi connectivity index (χ3v) is 7.47. The lowest BCUT2D eigenvalue weighted by Crippen LogP contribution is -2.52. The summed E-state index contributed by atoms with van der Waals surface area (Å²) in [6.45, 7) is 12.8. The van der Waals surface area contributed by atoms with Crippen LogP contribution in [0.15, 0.2) is 30.5 Å². The van der Waals surface area contributed by atoms with E-state index in [1.54, 1.807) is 11.1 Å². The normalized spacial score (nSPS) is 22.8. The lowest BCUT2D eigenvalue weighted by molar-refractivity contribution is -0.126. The van der Waals surface area contributed by atoms with E-state index in [9.17, 15) is 18.4 Å². The van der Waals surface area contributed by atoms with Gasteiger partial charge in [0.25, 0.3) is 0 Å². The fourth-order valence-electron chi connectivity index (χ4n) is 5.50. The Morgan fingerprint density at radius 2 is 1.95 bits per heavy atom. The van der Waals surface area contributed by atoms with E-state index in [-0.39, 0.29) is 17.2 Å². The molecule has 38 heavy (non-hydrogen) atoms. The molecular weight excluding hydrogens is 488 g/mol. The number of carbonyl (C=O) groups excluding carboxylic acids is 2. The van der Waals surface area contributed by atoms with Crippen molar-refractivity contribution in [2.45, 2.75) is 52.0 Å². The summed E-state index contributed by atoms with van der Waals surface area (Å²) in [5, 5.41) is 3.39. The Kier molecular flexibility index (Phi) is 8.47. The fraction of sp³-hybridized carbons (Fsp3) is 0.552. The first kappa shape index (κ1) is 28.1. The Morgan fingerprint density at radius 1 is 1.18 bits per heavy atom. The van der Waals surface area contributed by atoms with Gasteiger partial charge in [0, 0.05) is 76.3 Å². The number of benzene rings is 1. The van der Waals surface area contributed by atoms with Crippen molar-refractivity contribution >= 4 is 17.5 Å². The third kappa shape index (κ3) is 6.56. The highest BCUT2D eigenvalue weighted by Crippen LogP contribution is 2.39. The smallest absolute Gasteiger partial charge is 0.241 e. The average Bonchev–Trinajstić information content (AvgIpc) is 3.29. The average molecular weight is 528 g/mol. The molecule has 0 bridgehead atoms. The first-order chi connectivity index (χ1) is 17.9. The van der Waals surface area contributed by atoms with Gasteiger partial charge in [-0.2, -0.15) is 0 Å². The summed E-state index contributed by atoms with van der Waals surface area (Å²) in [6.07, 6.45) is 2.77. The van der Waals surface area contributed by atoms with Crippen molar-refractivity contribution < 1.29 is 18.4 Å². The molecule has 2 aromatic rings. The van der Waals surface area contributed by atoms with Crippen molar-refractivity contribution in [3.63, 3.8) is 0 Å². The molecule has 0 spiro atoms. The number of likely N-dealkylation sites (tertiary alicyclic amines) is 1. The molecule has 2 atom stereocenters. The SMILES string of the molecule is CC1CC(=O)N(C)C1.CC1CN(CC(=O)N2CC(C)(C)c3ncc(Cc4ccc(F)cc4F)cc32)CCN1. The lowest BCUT2D eigenvalue weighted by Gasteiger charge is -2.32. The molecule has 5 rings (SSSR count). The molecule has 2 unspecified atom stereocenters. The van der Waals surface area contributed by atoms with E-state index in [4.69, 9.17) is 0 Å². The fourth-order valence-corrected chi connectivity index (χ4v) is 5.50. The van der Waals surface area contributed by atoms with Crippen LogP contribution in [0.4, 0.5) is 14.5 Å². The van der Waals surface area contributed by atoms with Gasteiger partial charge in [0.05, 0.1) is 17.9 Å². The number of aromatic nitrogens is 1. The van der Waals surface area contributed by atoms with E-state index in [0.29, 0.717) is 37.0 Å². The number of carbonyl (C=O) groups is 2. The molecule has 1 N–H and O–H groups in total. The molecule has 2 fully saturated rings. The number of hydrogen-bond acceptors (Lipinski definition) is 5. The van der Waals surface area contributed by atoms with E-state index < -0.39 is 11.6 Å². The van der Waals surface area contributed by atoms with Crippen molar-refractivity contribution in [1.29, 1.82) is 0 Å². The minimum atomic E-state index is -0.593.